The van der Waals surface area contributed by atoms with Crippen LogP contribution in [0, 0.1) is 0 Å². The Hall–Kier alpha value is -1.46. The molecule has 1 aliphatic rings. The van der Waals surface area contributed by atoms with Gasteiger partial charge in [-0.05, 0) is 23.8 Å². The number of carboxylic acids is 1. The first-order valence-electron chi connectivity index (χ1n) is 5.66. The molecule has 2 heterocycles. The van der Waals surface area contributed by atoms with Crippen LogP contribution in [0.4, 0.5) is 0 Å². The Morgan fingerprint density at radius 2 is 2.42 bits per heavy atom. The van der Waals surface area contributed by atoms with Crippen molar-refractivity contribution in [2.45, 2.75) is 5.03 Å². The van der Waals surface area contributed by atoms with Gasteiger partial charge in [0.2, 0.25) is 0 Å². The first-order chi connectivity index (χ1) is 9.08. The Bertz CT molecular complexity index is 557. The van der Waals surface area contributed by atoms with Gasteiger partial charge in [-0.25, -0.2) is 9.78 Å². The van der Waals surface area contributed by atoms with Crippen molar-refractivity contribution in [3.8, 4) is 0 Å². The Labute approximate surface area is 120 Å². The number of allylic oxidation sites excluding steroid dienone is 1. The van der Waals surface area contributed by atoms with Gasteiger partial charge in [0, 0.05) is 25.5 Å². The van der Waals surface area contributed by atoms with Gasteiger partial charge in [0.1, 0.15) is 10.2 Å². The van der Waals surface area contributed by atoms with Crippen molar-refractivity contribution >= 4 is 29.3 Å². The lowest BCUT2D eigenvalue weighted by atomic mass is 10.2. The zero-order valence-electron chi connectivity index (χ0n) is 10.3. The fourth-order valence-corrected chi connectivity index (χ4v) is 2.74. The maximum Gasteiger partial charge on any atom is 0.338 e. The van der Waals surface area contributed by atoms with Crippen LogP contribution >= 0.6 is 23.4 Å². The molecule has 0 saturated carbocycles. The summed E-state index contributed by atoms with van der Waals surface area (Å²) < 4.78 is 0. The van der Waals surface area contributed by atoms with Crippen molar-refractivity contribution in [2.75, 3.05) is 19.3 Å². The van der Waals surface area contributed by atoms with Crippen molar-refractivity contribution in [2.24, 2.45) is 0 Å². The molecule has 100 valence electrons. The lowest BCUT2D eigenvalue weighted by molar-refractivity contribution is 0.0692. The average Bonchev–Trinajstić information content (AvgIpc) is 2.40. The van der Waals surface area contributed by atoms with Crippen LogP contribution in [-0.4, -0.2) is 40.3 Å². The lowest BCUT2D eigenvalue weighted by Crippen LogP contribution is -2.18. The Kier molecular flexibility index (Phi) is 4.50. The number of hydrogen-bond donors (Lipinski definition) is 1. The standard InChI is InChI=1S/C13H13ClN2O2S/c1-16-6-4-9(7-11(16)14)8-19-12-10(13(17)18)3-2-5-15-12/h2-5,7H,6,8H2,1H3,(H,17,18). The van der Waals surface area contributed by atoms with Crippen molar-refractivity contribution in [3.63, 3.8) is 0 Å². The molecule has 6 heteroatoms. The normalized spacial score (nSPS) is 14.9. The van der Waals surface area contributed by atoms with E-state index >= 15 is 0 Å². The van der Waals surface area contributed by atoms with Crippen LogP contribution in [0.1, 0.15) is 10.4 Å². The summed E-state index contributed by atoms with van der Waals surface area (Å²) >= 11 is 7.46. The molecule has 1 aliphatic heterocycles. The van der Waals surface area contributed by atoms with Gasteiger partial charge in [-0.1, -0.05) is 17.7 Å². The molecular formula is C13H13ClN2O2S. The third-order valence-corrected chi connectivity index (χ3v) is 4.15. The minimum Gasteiger partial charge on any atom is -0.478 e. The van der Waals surface area contributed by atoms with Crippen LogP contribution < -0.4 is 0 Å². The maximum absolute atomic E-state index is 11.1. The molecular weight excluding hydrogens is 284 g/mol. The van der Waals surface area contributed by atoms with Crippen LogP contribution in [0.5, 0.6) is 0 Å². The summed E-state index contributed by atoms with van der Waals surface area (Å²) in [5.41, 5.74) is 1.31. The predicted molar refractivity (Wildman–Crippen MR) is 76.6 cm³/mol. The molecule has 2 rings (SSSR count). The Balaban J connectivity index is 2.06. The molecule has 0 radical (unpaired) electrons. The van der Waals surface area contributed by atoms with E-state index in [0.29, 0.717) is 15.9 Å². The number of carbonyl (C=O) groups is 1. The van der Waals surface area contributed by atoms with E-state index in [2.05, 4.69) is 11.1 Å². The number of aromatic nitrogens is 1. The fourth-order valence-electron chi connectivity index (χ4n) is 1.58. The highest BCUT2D eigenvalue weighted by molar-refractivity contribution is 7.99. The summed E-state index contributed by atoms with van der Waals surface area (Å²) in [6, 6.07) is 3.18. The maximum atomic E-state index is 11.1. The summed E-state index contributed by atoms with van der Waals surface area (Å²) in [5.74, 6) is -0.303. The summed E-state index contributed by atoms with van der Waals surface area (Å²) in [6.45, 7) is 0.763. The van der Waals surface area contributed by atoms with Crippen LogP contribution in [0.15, 0.2) is 46.2 Å². The van der Waals surface area contributed by atoms with E-state index in [9.17, 15) is 4.79 Å². The average molecular weight is 297 g/mol. The molecule has 4 nitrogen and oxygen atoms in total. The van der Waals surface area contributed by atoms with Crippen LogP contribution in [-0.2, 0) is 0 Å². The zero-order chi connectivity index (χ0) is 13.8. The van der Waals surface area contributed by atoms with Gasteiger partial charge in [0.15, 0.2) is 0 Å². The number of likely N-dealkylation sites (N-methyl/N-ethyl adjacent to an activating group) is 1. The first kappa shape index (κ1) is 14.0. The first-order valence-corrected chi connectivity index (χ1v) is 7.03. The number of rotatable bonds is 4. The highest BCUT2D eigenvalue weighted by Gasteiger charge is 2.13. The van der Waals surface area contributed by atoms with Crippen molar-refractivity contribution < 1.29 is 9.90 Å². The Morgan fingerprint density at radius 1 is 1.63 bits per heavy atom. The largest absolute Gasteiger partial charge is 0.478 e. The molecule has 0 saturated heterocycles. The number of nitrogens with zero attached hydrogens (tertiary/aromatic N) is 2. The fraction of sp³-hybridized carbons (Fsp3) is 0.231. The van der Waals surface area contributed by atoms with E-state index < -0.39 is 5.97 Å². The van der Waals surface area contributed by atoms with E-state index in [0.717, 1.165) is 12.1 Å². The molecule has 0 aromatic carbocycles. The van der Waals surface area contributed by atoms with E-state index in [1.165, 1.54) is 11.8 Å². The molecule has 1 N–H and O–H groups in total. The van der Waals surface area contributed by atoms with E-state index in [1.807, 2.05) is 18.0 Å². The van der Waals surface area contributed by atoms with Crippen LogP contribution in [0.25, 0.3) is 0 Å². The third-order valence-electron chi connectivity index (χ3n) is 2.67. The second-order valence-corrected chi connectivity index (χ2v) is 5.43. The van der Waals surface area contributed by atoms with Crippen LogP contribution in [0.2, 0.25) is 0 Å². The van der Waals surface area contributed by atoms with E-state index in [1.54, 1.807) is 18.3 Å². The predicted octanol–water partition coefficient (Wildman–Crippen LogP) is 2.82. The number of pyridine rings is 1. The molecule has 1 aromatic rings. The highest BCUT2D eigenvalue weighted by atomic mass is 35.5. The summed E-state index contributed by atoms with van der Waals surface area (Å²) in [6.07, 6.45) is 5.56. The SMILES string of the molecule is CN1CC=C(CSc2ncccc2C(=O)O)C=C1Cl. The topological polar surface area (TPSA) is 53.4 Å². The van der Waals surface area contributed by atoms with Crippen molar-refractivity contribution in [1.29, 1.82) is 0 Å². The van der Waals surface area contributed by atoms with E-state index in [-0.39, 0.29) is 5.56 Å². The minimum atomic E-state index is -0.957. The van der Waals surface area contributed by atoms with Crippen molar-refractivity contribution in [1.82, 2.24) is 9.88 Å². The van der Waals surface area contributed by atoms with Gasteiger partial charge in [-0.3, -0.25) is 0 Å². The van der Waals surface area contributed by atoms with E-state index in [4.69, 9.17) is 16.7 Å². The number of aromatic carboxylic acids is 1. The van der Waals surface area contributed by atoms with Gasteiger partial charge in [0.05, 0.1) is 5.56 Å². The molecule has 0 spiro atoms. The van der Waals surface area contributed by atoms with Gasteiger partial charge in [-0.15, -0.1) is 11.8 Å². The molecule has 0 bridgehead atoms. The molecule has 0 unspecified atom stereocenters. The summed E-state index contributed by atoms with van der Waals surface area (Å²) in [5, 5.41) is 10.3. The molecule has 0 aliphatic carbocycles. The minimum absolute atomic E-state index is 0.233. The molecule has 0 amide bonds. The number of thioether (sulfide) groups is 1. The number of carboxylic acid groups (broad SMARTS) is 1. The second-order valence-electron chi connectivity index (χ2n) is 4.08. The van der Waals surface area contributed by atoms with Crippen molar-refractivity contribution in [3.05, 3.63) is 46.8 Å². The number of hydrogen-bond acceptors (Lipinski definition) is 4. The van der Waals surface area contributed by atoms with Gasteiger partial charge in [-0.2, -0.15) is 0 Å². The second kappa shape index (κ2) is 6.12. The monoisotopic (exact) mass is 296 g/mol. The van der Waals surface area contributed by atoms with Crippen LogP contribution in [0.3, 0.4) is 0 Å². The Morgan fingerprint density at radius 3 is 3.11 bits per heavy atom. The highest BCUT2D eigenvalue weighted by Crippen LogP contribution is 2.25. The molecule has 0 atom stereocenters. The number of halogens is 1. The molecule has 1 aromatic heterocycles. The van der Waals surface area contributed by atoms with Gasteiger partial charge >= 0.3 is 5.97 Å². The summed E-state index contributed by atoms with van der Waals surface area (Å²) in [4.78, 5) is 17.1. The van der Waals surface area contributed by atoms with Gasteiger partial charge < -0.3 is 10.0 Å². The summed E-state index contributed by atoms with van der Waals surface area (Å²) in [7, 11) is 1.92. The lowest BCUT2D eigenvalue weighted by Gasteiger charge is -2.21. The van der Waals surface area contributed by atoms with Gasteiger partial charge in [0.25, 0.3) is 0 Å². The third kappa shape index (κ3) is 3.52. The molecule has 0 fully saturated rings. The smallest absolute Gasteiger partial charge is 0.338 e. The zero-order valence-corrected chi connectivity index (χ0v) is 11.9. The molecule has 19 heavy (non-hydrogen) atoms. The quantitative estimate of drug-likeness (QED) is 0.684.